The van der Waals surface area contributed by atoms with Gasteiger partial charge in [0.2, 0.25) is 0 Å². The molecule has 3 aliphatic heterocycles. The Bertz CT molecular complexity index is 816. The zero-order valence-electron chi connectivity index (χ0n) is 17.2. The van der Waals surface area contributed by atoms with Crippen LogP contribution in [0.5, 0.6) is 0 Å². The molecule has 0 aliphatic carbocycles. The van der Waals surface area contributed by atoms with E-state index in [0.717, 1.165) is 56.2 Å². The molecule has 5 heterocycles. The lowest BCUT2D eigenvalue weighted by molar-refractivity contribution is 0.0572. The van der Waals surface area contributed by atoms with Gasteiger partial charge in [0.1, 0.15) is 5.69 Å². The van der Waals surface area contributed by atoms with Crippen LogP contribution in [0, 0.1) is 5.92 Å². The van der Waals surface area contributed by atoms with Crippen LogP contribution < -0.4 is 0 Å². The van der Waals surface area contributed by atoms with Crippen molar-refractivity contribution in [2.24, 2.45) is 5.92 Å². The molecule has 3 aliphatic rings. The van der Waals surface area contributed by atoms with E-state index in [0.29, 0.717) is 11.8 Å². The summed E-state index contributed by atoms with van der Waals surface area (Å²) in [7, 11) is 0. The van der Waals surface area contributed by atoms with Crippen molar-refractivity contribution in [1.29, 1.82) is 0 Å². The summed E-state index contributed by atoms with van der Waals surface area (Å²) in [6.07, 6.45) is 4.15. The van der Waals surface area contributed by atoms with Crippen molar-refractivity contribution in [1.82, 2.24) is 24.6 Å². The predicted molar refractivity (Wildman–Crippen MR) is 109 cm³/mol. The van der Waals surface area contributed by atoms with Crippen LogP contribution in [0.1, 0.15) is 61.4 Å². The molecule has 3 saturated heterocycles. The molecule has 28 heavy (non-hydrogen) atoms. The number of hydrogen-bond donors (Lipinski definition) is 0. The largest absolute Gasteiger partial charge is 0.333 e. The van der Waals surface area contributed by atoms with Crippen molar-refractivity contribution < 1.29 is 4.79 Å². The van der Waals surface area contributed by atoms with E-state index in [1.165, 1.54) is 6.42 Å². The van der Waals surface area contributed by atoms with Crippen LogP contribution in [0.4, 0.5) is 0 Å². The van der Waals surface area contributed by atoms with Crippen LogP contribution >= 0.6 is 0 Å². The summed E-state index contributed by atoms with van der Waals surface area (Å²) in [5.41, 5.74) is 2.85. The smallest absolute Gasteiger partial charge is 0.272 e. The van der Waals surface area contributed by atoms with Gasteiger partial charge in [0, 0.05) is 45.0 Å². The van der Waals surface area contributed by atoms with Crippen molar-refractivity contribution in [3.8, 4) is 0 Å². The Labute approximate surface area is 167 Å². The van der Waals surface area contributed by atoms with Gasteiger partial charge in [-0.25, -0.2) is 0 Å². The lowest BCUT2D eigenvalue weighted by Gasteiger charge is -2.36. The third kappa shape index (κ3) is 3.83. The minimum Gasteiger partial charge on any atom is -0.333 e. The highest BCUT2D eigenvalue weighted by molar-refractivity contribution is 5.93. The zero-order chi connectivity index (χ0) is 19.7. The molecule has 6 nitrogen and oxygen atoms in total. The van der Waals surface area contributed by atoms with Crippen molar-refractivity contribution >= 4 is 5.91 Å². The molecule has 1 amide bonds. The molecular formula is C22H31N5O. The van der Waals surface area contributed by atoms with E-state index in [1.54, 1.807) is 0 Å². The summed E-state index contributed by atoms with van der Waals surface area (Å²) in [5.74, 6) is 1.01. The molecule has 0 radical (unpaired) electrons. The van der Waals surface area contributed by atoms with E-state index in [-0.39, 0.29) is 11.9 Å². The lowest BCUT2D eigenvalue weighted by atomic mass is 9.94. The average molecular weight is 382 g/mol. The lowest BCUT2D eigenvalue weighted by Crippen LogP contribution is -2.47. The number of carbonyl (C=O) groups excluding carboxylic acids is 1. The number of piperidine rings is 1. The summed E-state index contributed by atoms with van der Waals surface area (Å²) in [6.45, 7) is 10.7. The van der Waals surface area contributed by atoms with Crippen LogP contribution in [-0.2, 0) is 13.1 Å². The van der Waals surface area contributed by atoms with Gasteiger partial charge in [-0.05, 0) is 49.8 Å². The molecule has 0 aromatic carbocycles. The number of rotatable bonds is 5. The number of amides is 1. The van der Waals surface area contributed by atoms with E-state index in [2.05, 4.69) is 46.7 Å². The van der Waals surface area contributed by atoms with E-state index in [9.17, 15) is 4.79 Å². The fourth-order valence-electron chi connectivity index (χ4n) is 4.56. The number of pyridine rings is 1. The monoisotopic (exact) mass is 381 g/mol. The van der Waals surface area contributed by atoms with Crippen molar-refractivity contribution in [3.05, 3.63) is 47.5 Å². The van der Waals surface area contributed by atoms with Gasteiger partial charge in [-0.15, -0.1) is 0 Å². The third-order valence-corrected chi connectivity index (χ3v) is 6.07. The number of nitrogens with zero attached hydrogens (tertiary/aromatic N) is 5. The minimum absolute atomic E-state index is 0.149. The van der Waals surface area contributed by atoms with Gasteiger partial charge >= 0.3 is 0 Å². The Kier molecular flexibility index (Phi) is 5.49. The maximum Gasteiger partial charge on any atom is 0.272 e. The second-order valence-electron chi connectivity index (χ2n) is 8.49. The Balaban J connectivity index is 1.53. The highest BCUT2D eigenvalue weighted by Gasteiger charge is 2.38. The van der Waals surface area contributed by atoms with E-state index in [4.69, 9.17) is 0 Å². The number of fused-ring (bicyclic) bond motifs is 4. The Morgan fingerprint density at radius 1 is 1.21 bits per heavy atom. The van der Waals surface area contributed by atoms with Gasteiger partial charge in [-0.2, -0.15) is 5.10 Å². The van der Waals surface area contributed by atoms with Crippen molar-refractivity contribution in [3.63, 3.8) is 0 Å². The predicted octanol–water partition coefficient (Wildman–Crippen LogP) is 3.16. The Hall–Kier alpha value is -2.21. The highest BCUT2D eigenvalue weighted by atomic mass is 16.2. The Morgan fingerprint density at radius 2 is 2.07 bits per heavy atom. The quantitative estimate of drug-likeness (QED) is 0.798. The van der Waals surface area contributed by atoms with Crippen LogP contribution in [0.3, 0.4) is 0 Å². The fraction of sp³-hybridized carbons (Fsp3) is 0.591. The van der Waals surface area contributed by atoms with Gasteiger partial charge in [0.25, 0.3) is 5.91 Å². The van der Waals surface area contributed by atoms with Crippen LogP contribution in [0.25, 0.3) is 0 Å². The molecule has 5 rings (SSSR count). The molecule has 6 heteroatoms. The second-order valence-corrected chi connectivity index (χ2v) is 8.49. The maximum absolute atomic E-state index is 13.5. The maximum atomic E-state index is 13.5. The first-order valence-corrected chi connectivity index (χ1v) is 10.6. The summed E-state index contributed by atoms with van der Waals surface area (Å²) in [5, 5.41) is 4.65. The molecular weight excluding hydrogens is 350 g/mol. The number of hydrogen-bond acceptors (Lipinski definition) is 4. The number of carbonyl (C=O) groups is 1. The normalized spacial score (nSPS) is 22.6. The molecule has 2 atom stereocenters. The first kappa shape index (κ1) is 19.1. The summed E-state index contributed by atoms with van der Waals surface area (Å²) in [4.78, 5) is 22.5. The zero-order valence-corrected chi connectivity index (χ0v) is 17.2. The minimum atomic E-state index is 0.149. The summed E-state index contributed by atoms with van der Waals surface area (Å²) >= 11 is 0. The average Bonchev–Trinajstić information content (AvgIpc) is 2.96. The van der Waals surface area contributed by atoms with E-state index in [1.807, 2.05) is 29.1 Å². The summed E-state index contributed by atoms with van der Waals surface area (Å²) < 4.78 is 1.88. The molecule has 0 N–H and O–H groups in total. The van der Waals surface area contributed by atoms with Gasteiger partial charge in [-0.1, -0.05) is 19.9 Å². The second kappa shape index (κ2) is 8.03. The molecule has 0 unspecified atom stereocenters. The standard InChI is InChI=1S/C22H31N5O/c1-4-27-21(11-20(24-27)16(2)3)22(28)26-13-17-8-9-19(26)15-25(12-17)14-18-7-5-6-10-23-18/h5-7,10-11,16-17,19H,4,8-9,12-15H2,1-3H3/t17-,19+/m0/s1. The fourth-order valence-corrected chi connectivity index (χ4v) is 4.56. The Morgan fingerprint density at radius 3 is 2.79 bits per heavy atom. The van der Waals surface area contributed by atoms with Crippen LogP contribution in [-0.4, -0.2) is 56.1 Å². The topological polar surface area (TPSA) is 54.3 Å². The molecule has 3 fully saturated rings. The molecule has 2 aromatic heterocycles. The van der Waals surface area contributed by atoms with Crippen LogP contribution in [0.15, 0.2) is 30.5 Å². The first-order valence-electron chi connectivity index (χ1n) is 10.6. The van der Waals surface area contributed by atoms with Gasteiger partial charge < -0.3 is 4.90 Å². The highest BCUT2D eigenvalue weighted by Crippen LogP contribution is 2.30. The van der Waals surface area contributed by atoms with Crippen LogP contribution in [0.2, 0.25) is 0 Å². The number of aryl methyl sites for hydroxylation is 1. The van der Waals surface area contributed by atoms with Gasteiger partial charge in [0.05, 0.1) is 11.4 Å². The molecule has 2 aromatic rings. The van der Waals surface area contributed by atoms with Gasteiger partial charge in [-0.3, -0.25) is 19.4 Å². The molecule has 2 bridgehead atoms. The molecule has 150 valence electrons. The first-order chi connectivity index (χ1) is 13.5. The molecule has 0 saturated carbocycles. The SMILES string of the molecule is CCn1nc(C(C)C)cc1C(=O)N1C[C@H]2CC[C@@H]1CN(Cc1ccccn1)C2. The molecule has 0 spiro atoms. The van der Waals surface area contributed by atoms with Crippen molar-refractivity contribution in [2.75, 3.05) is 19.6 Å². The summed E-state index contributed by atoms with van der Waals surface area (Å²) in [6, 6.07) is 8.36. The third-order valence-electron chi connectivity index (χ3n) is 6.07. The number of aromatic nitrogens is 3. The van der Waals surface area contributed by atoms with E-state index >= 15 is 0 Å². The van der Waals surface area contributed by atoms with Gasteiger partial charge in [0.15, 0.2) is 0 Å². The van der Waals surface area contributed by atoms with Crippen molar-refractivity contribution in [2.45, 2.75) is 58.7 Å². The van der Waals surface area contributed by atoms with E-state index < -0.39 is 0 Å².